The molecule has 1 aromatic heterocycles. The van der Waals surface area contributed by atoms with Crippen molar-refractivity contribution in [3.63, 3.8) is 0 Å². The molecule has 0 aliphatic rings. The summed E-state index contributed by atoms with van der Waals surface area (Å²) in [6.07, 6.45) is -0.00503. The summed E-state index contributed by atoms with van der Waals surface area (Å²) in [7, 11) is 0. The van der Waals surface area contributed by atoms with Crippen LogP contribution in [0.1, 0.15) is 5.56 Å². The van der Waals surface area contributed by atoms with Gasteiger partial charge in [0.2, 0.25) is 0 Å². The molecule has 20 heavy (non-hydrogen) atoms. The molecule has 0 aliphatic heterocycles. The highest BCUT2D eigenvalue weighted by molar-refractivity contribution is 7.21. The molecule has 1 heterocycles. The average Bonchev–Trinajstić information content (AvgIpc) is 2.81. The Morgan fingerprint density at radius 1 is 1.20 bits per heavy atom. The molecule has 0 bridgehead atoms. The van der Waals surface area contributed by atoms with Crippen LogP contribution in [0.4, 0.5) is 0 Å². The minimum atomic E-state index is -0.854. The minimum Gasteiger partial charge on any atom is -0.508 e. The number of phenols is 1. The fourth-order valence-electron chi connectivity index (χ4n) is 2.02. The van der Waals surface area contributed by atoms with Crippen molar-refractivity contribution in [2.24, 2.45) is 0 Å². The molecule has 0 saturated heterocycles. The first-order chi connectivity index (χ1) is 9.61. The number of carbonyl (C=O) groups is 1. The van der Waals surface area contributed by atoms with Crippen LogP contribution >= 0.6 is 11.3 Å². The van der Waals surface area contributed by atoms with Crippen LogP contribution in [-0.2, 0) is 11.2 Å². The second kappa shape index (κ2) is 4.94. The Bertz CT molecular complexity index is 795. The fraction of sp³-hybridized carbons (Fsp3) is 0.0667. The maximum atomic E-state index is 10.7. The van der Waals surface area contributed by atoms with Gasteiger partial charge in [-0.2, -0.15) is 0 Å². The Hall–Kier alpha value is -2.40. The predicted molar refractivity (Wildman–Crippen MR) is 78.1 cm³/mol. The first-order valence-corrected chi connectivity index (χ1v) is 6.84. The molecule has 5 heteroatoms. The summed E-state index contributed by atoms with van der Waals surface area (Å²) in [5, 5.41) is 19.1. The maximum Gasteiger partial charge on any atom is 0.307 e. The van der Waals surface area contributed by atoms with Crippen molar-refractivity contribution < 1.29 is 15.0 Å². The third-order valence-electron chi connectivity index (χ3n) is 2.90. The van der Waals surface area contributed by atoms with Gasteiger partial charge in [0.25, 0.3) is 0 Å². The zero-order valence-electron chi connectivity index (χ0n) is 10.4. The second-order valence-electron chi connectivity index (χ2n) is 4.44. The Kier molecular flexibility index (Phi) is 3.12. The second-order valence-corrected chi connectivity index (χ2v) is 5.47. The maximum absolute atomic E-state index is 10.7. The molecule has 0 radical (unpaired) electrons. The van der Waals surface area contributed by atoms with E-state index in [1.54, 1.807) is 30.3 Å². The molecule has 0 atom stereocenters. The van der Waals surface area contributed by atoms with Gasteiger partial charge in [0.1, 0.15) is 10.8 Å². The third kappa shape index (κ3) is 2.48. The molecule has 0 unspecified atom stereocenters. The Morgan fingerprint density at radius 2 is 2.05 bits per heavy atom. The predicted octanol–water partition coefficient (Wildman–Crippen LogP) is 3.30. The van der Waals surface area contributed by atoms with Gasteiger partial charge in [0.15, 0.2) is 0 Å². The summed E-state index contributed by atoms with van der Waals surface area (Å²) in [5.41, 5.74) is 2.37. The molecule has 0 spiro atoms. The van der Waals surface area contributed by atoms with E-state index in [0.29, 0.717) is 0 Å². The van der Waals surface area contributed by atoms with Crippen LogP contribution in [0.15, 0.2) is 42.5 Å². The van der Waals surface area contributed by atoms with Gasteiger partial charge < -0.3 is 10.2 Å². The van der Waals surface area contributed by atoms with Gasteiger partial charge in [-0.3, -0.25) is 4.79 Å². The molecular weight excluding hydrogens is 274 g/mol. The van der Waals surface area contributed by atoms with Crippen molar-refractivity contribution in [1.29, 1.82) is 0 Å². The number of aromatic nitrogens is 1. The number of fused-ring (bicyclic) bond motifs is 1. The van der Waals surface area contributed by atoms with Crippen LogP contribution < -0.4 is 0 Å². The molecule has 2 aromatic carbocycles. The fourth-order valence-corrected chi connectivity index (χ4v) is 2.96. The van der Waals surface area contributed by atoms with Gasteiger partial charge in [0.05, 0.1) is 16.6 Å². The largest absolute Gasteiger partial charge is 0.508 e. The Morgan fingerprint density at radius 3 is 2.80 bits per heavy atom. The Balaban J connectivity index is 2.04. The monoisotopic (exact) mass is 285 g/mol. The van der Waals surface area contributed by atoms with Crippen molar-refractivity contribution in [3.05, 3.63) is 48.0 Å². The topological polar surface area (TPSA) is 70.4 Å². The van der Waals surface area contributed by atoms with E-state index < -0.39 is 5.97 Å². The van der Waals surface area contributed by atoms with Crippen LogP contribution in [0.2, 0.25) is 0 Å². The van der Waals surface area contributed by atoms with E-state index in [2.05, 4.69) is 4.98 Å². The molecule has 2 N–H and O–H groups in total. The molecule has 4 nitrogen and oxygen atoms in total. The summed E-state index contributed by atoms with van der Waals surface area (Å²) < 4.78 is 0.998. The highest BCUT2D eigenvalue weighted by atomic mass is 32.1. The Labute approximate surface area is 119 Å². The van der Waals surface area contributed by atoms with Gasteiger partial charge in [0, 0.05) is 5.56 Å². The van der Waals surface area contributed by atoms with E-state index in [4.69, 9.17) is 5.11 Å². The van der Waals surface area contributed by atoms with Crippen molar-refractivity contribution >= 4 is 27.5 Å². The van der Waals surface area contributed by atoms with E-state index in [1.165, 1.54) is 11.3 Å². The number of rotatable bonds is 3. The van der Waals surface area contributed by atoms with Gasteiger partial charge in [-0.05, 0) is 29.8 Å². The van der Waals surface area contributed by atoms with E-state index in [1.807, 2.05) is 12.1 Å². The molecular formula is C15H11NO3S. The zero-order valence-corrected chi connectivity index (χ0v) is 11.2. The zero-order chi connectivity index (χ0) is 14.1. The molecule has 3 rings (SSSR count). The lowest BCUT2D eigenvalue weighted by atomic mass is 10.1. The quantitative estimate of drug-likeness (QED) is 0.774. The molecule has 100 valence electrons. The number of carboxylic acid groups (broad SMARTS) is 1. The minimum absolute atomic E-state index is 0.00503. The molecule has 0 fully saturated rings. The molecule has 0 aliphatic carbocycles. The summed E-state index contributed by atoms with van der Waals surface area (Å²) >= 11 is 1.52. The number of thiazole rings is 1. The van der Waals surface area contributed by atoms with E-state index >= 15 is 0 Å². The van der Waals surface area contributed by atoms with Crippen LogP contribution in [0.3, 0.4) is 0 Å². The first kappa shape index (κ1) is 12.6. The first-order valence-electron chi connectivity index (χ1n) is 6.02. The highest BCUT2D eigenvalue weighted by Gasteiger charge is 2.08. The lowest BCUT2D eigenvalue weighted by Crippen LogP contribution is -1.99. The molecule has 3 aromatic rings. The summed E-state index contributed by atoms with van der Waals surface area (Å²) in [5.74, 6) is -0.652. The van der Waals surface area contributed by atoms with Crippen LogP contribution in [0.5, 0.6) is 5.75 Å². The number of phenolic OH excluding ortho intramolecular Hbond substituents is 1. The number of aromatic hydroxyl groups is 1. The molecule has 0 amide bonds. The summed E-state index contributed by atoms with van der Waals surface area (Å²) in [4.78, 5) is 15.2. The lowest BCUT2D eigenvalue weighted by Gasteiger charge is -1.96. The van der Waals surface area contributed by atoms with Crippen molar-refractivity contribution in [3.8, 4) is 16.3 Å². The van der Waals surface area contributed by atoms with Gasteiger partial charge in [-0.25, -0.2) is 4.98 Å². The van der Waals surface area contributed by atoms with E-state index in [9.17, 15) is 9.90 Å². The average molecular weight is 285 g/mol. The van der Waals surface area contributed by atoms with Gasteiger partial charge in [-0.1, -0.05) is 18.2 Å². The smallest absolute Gasteiger partial charge is 0.307 e. The van der Waals surface area contributed by atoms with Crippen LogP contribution in [0.25, 0.3) is 20.8 Å². The van der Waals surface area contributed by atoms with Crippen molar-refractivity contribution in [2.45, 2.75) is 6.42 Å². The summed E-state index contributed by atoms with van der Waals surface area (Å²) in [6, 6.07) is 12.4. The SMILES string of the molecule is O=C(O)Cc1ccc2sc(-c3cccc(O)c3)nc2c1. The molecule has 0 saturated carbocycles. The highest BCUT2D eigenvalue weighted by Crippen LogP contribution is 2.32. The van der Waals surface area contributed by atoms with Crippen molar-refractivity contribution in [2.75, 3.05) is 0 Å². The van der Waals surface area contributed by atoms with Crippen LogP contribution in [0, 0.1) is 0 Å². The number of hydrogen-bond donors (Lipinski definition) is 2. The van der Waals surface area contributed by atoms with Crippen molar-refractivity contribution in [1.82, 2.24) is 4.98 Å². The number of hydrogen-bond acceptors (Lipinski definition) is 4. The number of aliphatic carboxylic acids is 1. The van der Waals surface area contributed by atoms with E-state index in [-0.39, 0.29) is 12.2 Å². The normalized spacial score (nSPS) is 10.8. The van der Waals surface area contributed by atoms with Gasteiger partial charge in [-0.15, -0.1) is 11.3 Å². The van der Waals surface area contributed by atoms with Gasteiger partial charge >= 0.3 is 5.97 Å². The number of carboxylic acids is 1. The standard InChI is InChI=1S/C15H11NO3S/c17-11-3-1-2-10(8-11)15-16-12-6-9(7-14(18)19)4-5-13(12)20-15/h1-6,8,17H,7H2,(H,18,19). The lowest BCUT2D eigenvalue weighted by molar-refractivity contribution is -0.136. The number of benzene rings is 2. The number of nitrogens with zero attached hydrogens (tertiary/aromatic N) is 1. The third-order valence-corrected chi connectivity index (χ3v) is 3.99. The summed E-state index contributed by atoms with van der Waals surface area (Å²) in [6.45, 7) is 0. The van der Waals surface area contributed by atoms with Crippen LogP contribution in [-0.4, -0.2) is 21.2 Å². The van der Waals surface area contributed by atoms with E-state index in [0.717, 1.165) is 26.4 Å².